The fraction of sp³-hybridized carbons (Fsp3) is 0.789. The van der Waals surface area contributed by atoms with Crippen LogP contribution in [0.15, 0.2) is 18.2 Å². The van der Waals surface area contributed by atoms with Gasteiger partial charge in [0.05, 0.1) is 19.3 Å². The Bertz CT molecular complexity index is 1420. The van der Waals surface area contributed by atoms with Crippen LogP contribution in [0, 0.1) is 29.1 Å². The third-order valence-electron chi connectivity index (χ3n) is 12.8. The Morgan fingerprint density at radius 2 is 1.67 bits per heavy atom. The van der Waals surface area contributed by atoms with Crippen LogP contribution in [-0.2, 0) is 39.7 Å². The zero-order valence-electron chi connectivity index (χ0n) is 30.2. The summed E-state index contributed by atoms with van der Waals surface area (Å²) in [5.41, 5.74) is -0.00939. The van der Waals surface area contributed by atoms with Crippen molar-refractivity contribution in [1.82, 2.24) is 0 Å². The molecule has 1 aromatic carbocycles. The molecular weight excluding hydrogens is 664 g/mol. The van der Waals surface area contributed by atoms with E-state index in [1.54, 1.807) is 13.0 Å². The van der Waals surface area contributed by atoms with Crippen LogP contribution >= 0.6 is 0 Å². The van der Waals surface area contributed by atoms with E-state index < -0.39 is 78.2 Å². The highest BCUT2D eigenvalue weighted by Gasteiger charge is 2.69. The summed E-state index contributed by atoms with van der Waals surface area (Å²) in [7, 11) is 0. The van der Waals surface area contributed by atoms with Crippen LogP contribution in [0.4, 0.5) is 0 Å². The zero-order valence-corrected chi connectivity index (χ0v) is 30.2. The summed E-state index contributed by atoms with van der Waals surface area (Å²) in [4.78, 5) is 26.4. The lowest BCUT2D eigenvalue weighted by atomic mass is 9.51. The summed E-state index contributed by atoms with van der Waals surface area (Å²) in [6.07, 6.45) is -8.01. The van der Waals surface area contributed by atoms with Gasteiger partial charge in [0.25, 0.3) is 0 Å². The quantitative estimate of drug-likeness (QED) is 0.192. The lowest BCUT2D eigenvalue weighted by molar-refractivity contribution is -0.345. The summed E-state index contributed by atoms with van der Waals surface area (Å²) in [5, 5.41) is 65.1. The summed E-state index contributed by atoms with van der Waals surface area (Å²) in [6, 6.07) is 5.58. The second-order valence-corrected chi connectivity index (χ2v) is 16.3. The van der Waals surface area contributed by atoms with E-state index in [0.29, 0.717) is 31.6 Å². The number of ketones is 1. The summed E-state index contributed by atoms with van der Waals surface area (Å²) >= 11 is 0. The molecule has 13 nitrogen and oxygen atoms in total. The van der Waals surface area contributed by atoms with Gasteiger partial charge in [0.15, 0.2) is 18.7 Å². The lowest BCUT2D eigenvalue weighted by Gasteiger charge is -2.55. The lowest BCUT2D eigenvalue weighted by Crippen LogP contribution is -2.63. The maximum Gasteiger partial charge on any atom is 0.303 e. The van der Waals surface area contributed by atoms with E-state index in [1.807, 2.05) is 12.1 Å². The van der Waals surface area contributed by atoms with Crippen LogP contribution in [0.2, 0.25) is 0 Å². The zero-order chi connectivity index (χ0) is 37.0. The summed E-state index contributed by atoms with van der Waals surface area (Å²) in [6.45, 7) is 8.47. The van der Waals surface area contributed by atoms with Gasteiger partial charge in [-0.15, -0.1) is 0 Å². The van der Waals surface area contributed by atoms with Crippen molar-refractivity contribution in [3.8, 4) is 5.75 Å². The van der Waals surface area contributed by atoms with Gasteiger partial charge >= 0.3 is 5.97 Å². The van der Waals surface area contributed by atoms with Crippen LogP contribution in [-0.4, -0.2) is 117 Å². The van der Waals surface area contributed by atoms with Gasteiger partial charge in [-0.2, -0.15) is 0 Å². The number of aryl methyl sites for hydroxylation is 1. The highest BCUT2D eigenvalue weighted by atomic mass is 16.7. The van der Waals surface area contributed by atoms with Gasteiger partial charge in [-0.3, -0.25) is 9.59 Å². The molecule has 286 valence electrons. The van der Waals surface area contributed by atoms with Crippen molar-refractivity contribution in [2.24, 2.45) is 29.1 Å². The van der Waals surface area contributed by atoms with Gasteiger partial charge in [-0.1, -0.05) is 33.8 Å². The van der Waals surface area contributed by atoms with Crippen molar-refractivity contribution in [3.05, 3.63) is 29.3 Å². The Balaban J connectivity index is 1.32. The molecule has 2 heterocycles. The predicted octanol–water partition coefficient (Wildman–Crippen LogP) is 2.09. The van der Waals surface area contributed by atoms with E-state index in [9.17, 15) is 40.2 Å². The van der Waals surface area contributed by atoms with E-state index in [1.165, 1.54) is 12.5 Å². The Morgan fingerprint density at radius 1 is 0.961 bits per heavy atom. The van der Waals surface area contributed by atoms with Gasteiger partial charge in [-0.25, -0.2) is 0 Å². The average Bonchev–Trinajstić information content (AvgIpc) is 3.31. The molecular formula is C38H56O13. The van der Waals surface area contributed by atoms with Crippen LogP contribution in [0.25, 0.3) is 0 Å². The molecule has 6 rings (SSSR count). The van der Waals surface area contributed by atoms with Crippen molar-refractivity contribution in [1.29, 1.82) is 0 Å². The number of esters is 1. The van der Waals surface area contributed by atoms with Gasteiger partial charge < -0.3 is 54.3 Å². The minimum Gasteiger partial charge on any atom is -0.508 e. The molecule has 15 atom stereocenters. The second-order valence-electron chi connectivity index (χ2n) is 16.3. The number of hydrogen-bond acceptors (Lipinski definition) is 13. The highest BCUT2D eigenvalue weighted by molar-refractivity contribution is 5.82. The molecule has 4 fully saturated rings. The Kier molecular flexibility index (Phi) is 11.3. The summed E-state index contributed by atoms with van der Waals surface area (Å²) < 4.78 is 29.7. The molecule has 0 bridgehead atoms. The molecule has 2 saturated carbocycles. The number of phenolic OH excluding ortho intramolecular Hbond substituents is 1. The molecule has 0 radical (unpaired) electrons. The highest BCUT2D eigenvalue weighted by Crippen LogP contribution is 2.66. The van der Waals surface area contributed by atoms with Crippen molar-refractivity contribution in [3.63, 3.8) is 0 Å². The van der Waals surface area contributed by atoms with Crippen LogP contribution < -0.4 is 0 Å². The molecule has 2 saturated heterocycles. The van der Waals surface area contributed by atoms with E-state index in [-0.39, 0.29) is 42.5 Å². The molecule has 2 aliphatic heterocycles. The molecule has 13 heteroatoms. The molecule has 3 aliphatic carbocycles. The fourth-order valence-electron chi connectivity index (χ4n) is 10.00. The van der Waals surface area contributed by atoms with E-state index in [0.717, 1.165) is 24.8 Å². The molecule has 5 aliphatic rings. The van der Waals surface area contributed by atoms with E-state index in [2.05, 4.69) is 20.8 Å². The number of hydrogen-bond donors (Lipinski definition) is 6. The van der Waals surface area contributed by atoms with Crippen molar-refractivity contribution in [2.45, 2.75) is 146 Å². The van der Waals surface area contributed by atoms with Gasteiger partial charge in [0, 0.05) is 24.7 Å². The number of fused-ring (bicyclic) bond motifs is 5. The first-order valence-electron chi connectivity index (χ1n) is 18.6. The number of Topliss-reactive ketones (excluding diaryl/α,β-unsaturated/α-hetero) is 1. The standard InChI is InChI=1S/C38H56O13/c1-18(2)6-11-27(41)19(3)38(46)30(15-26-25-9-7-21-14-22(40)8-10-23(21)24(25)12-13-37(26,38)5)50-36-34(49-20(4)39)33(29(43)17-48-36)51-35-32(45)31(44)28(42)16-47-35/h8,10,14,18-19,24-26,28-36,40,42-46H,6-7,9,11-13,15-17H2,1-5H3/t19-,24-,25-,26+,28-,29+,30+,31+,32-,33+,34-,35+,36+,37+,38-/m1/s1. The molecule has 0 spiro atoms. The van der Waals surface area contributed by atoms with E-state index >= 15 is 0 Å². The number of aliphatic hydroxyl groups excluding tert-OH is 4. The number of aliphatic hydroxyl groups is 5. The molecule has 1 aromatic rings. The second kappa shape index (κ2) is 14.9. The molecule has 51 heavy (non-hydrogen) atoms. The largest absolute Gasteiger partial charge is 0.508 e. The maximum atomic E-state index is 13.9. The van der Waals surface area contributed by atoms with Crippen LogP contribution in [0.3, 0.4) is 0 Å². The maximum absolute atomic E-state index is 13.9. The first-order chi connectivity index (χ1) is 24.1. The molecule has 0 aromatic heterocycles. The van der Waals surface area contributed by atoms with Gasteiger partial charge in [0.2, 0.25) is 0 Å². The van der Waals surface area contributed by atoms with E-state index in [4.69, 9.17) is 23.7 Å². The molecule has 0 amide bonds. The normalized spacial score (nSPS) is 42.8. The minimum atomic E-state index is -1.67. The topological polar surface area (TPSA) is 202 Å². The smallest absolute Gasteiger partial charge is 0.303 e. The number of ether oxygens (including phenoxy) is 5. The van der Waals surface area contributed by atoms with Crippen LogP contribution in [0.1, 0.15) is 90.2 Å². The van der Waals surface area contributed by atoms with Crippen LogP contribution in [0.5, 0.6) is 5.75 Å². The van der Waals surface area contributed by atoms with Gasteiger partial charge in [0.1, 0.15) is 47.7 Å². The third-order valence-corrected chi connectivity index (χ3v) is 12.8. The molecule has 6 N–H and O–H groups in total. The number of carbonyl (C=O) groups excluding carboxylic acids is 2. The Labute approximate surface area is 299 Å². The third kappa shape index (κ3) is 6.99. The fourth-order valence-corrected chi connectivity index (χ4v) is 10.00. The number of phenols is 1. The van der Waals surface area contributed by atoms with Crippen molar-refractivity contribution in [2.75, 3.05) is 13.2 Å². The number of carbonyl (C=O) groups is 2. The monoisotopic (exact) mass is 720 g/mol. The van der Waals surface area contributed by atoms with Gasteiger partial charge in [-0.05, 0) is 85.5 Å². The minimum absolute atomic E-state index is 0.0411. The first-order valence-corrected chi connectivity index (χ1v) is 18.6. The Hall–Kier alpha value is -2.20. The van der Waals surface area contributed by atoms with Crippen molar-refractivity contribution < 1.29 is 63.9 Å². The summed E-state index contributed by atoms with van der Waals surface area (Å²) in [5.74, 6) is -0.693. The first kappa shape index (κ1) is 38.5. The number of benzene rings is 1. The number of aromatic hydroxyl groups is 1. The predicted molar refractivity (Wildman–Crippen MR) is 180 cm³/mol. The SMILES string of the molecule is CC(=O)O[C@H]1[C@H](O[C@H]2C[C@H]3[C@@H]4CCc5cc(O)ccc5[C@H]4CC[C@]3(C)[C@@]2(O)[C@H](C)C(=O)CCC(C)C)OC[C@H](O)[C@@H]1O[C@@H]1OC[C@@H](O)[C@H](O)[C@H]1O. The Morgan fingerprint density at radius 3 is 2.37 bits per heavy atom. The molecule has 0 unspecified atom stereocenters. The average molecular weight is 721 g/mol. The van der Waals surface area contributed by atoms with Crippen molar-refractivity contribution >= 4 is 11.8 Å². The number of rotatable bonds is 10.